The number of piperidine rings is 1. The average molecular weight is 270 g/mol. The van der Waals surface area contributed by atoms with Gasteiger partial charge in [-0.3, -0.25) is 0 Å². The van der Waals surface area contributed by atoms with Crippen molar-refractivity contribution in [1.82, 2.24) is 10.3 Å². The summed E-state index contributed by atoms with van der Waals surface area (Å²) in [6.07, 6.45) is 4.30. The lowest BCUT2D eigenvalue weighted by molar-refractivity contribution is 0.479. The zero-order valence-electron chi connectivity index (χ0n) is 8.89. The zero-order chi connectivity index (χ0) is 10.7. The van der Waals surface area contributed by atoms with Gasteiger partial charge in [0.15, 0.2) is 0 Å². The van der Waals surface area contributed by atoms with Gasteiger partial charge in [0.05, 0.1) is 4.47 Å². The Morgan fingerprint density at radius 3 is 3.20 bits per heavy atom. The van der Waals surface area contributed by atoms with Crippen LogP contribution in [-0.4, -0.2) is 24.1 Å². The number of aryl methyl sites for hydroxylation is 1. The van der Waals surface area contributed by atoms with Crippen molar-refractivity contribution in [3.8, 4) is 0 Å². The molecule has 1 aromatic heterocycles. The van der Waals surface area contributed by atoms with E-state index in [1.165, 1.54) is 18.4 Å². The van der Waals surface area contributed by atoms with Gasteiger partial charge in [-0.05, 0) is 53.9 Å². The maximum atomic E-state index is 4.35. The molecule has 4 heteroatoms. The molecule has 2 N–H and O–H groups in total. The van der Waals surface area contributed by atoms with Crippen molar-refractivity contribution in [3.05, 3.63) is 22.3 Å². The quantitative estimate of drug-likeness (QED) is 0.866. The van der Waals surface area contributed by atoms with Gasteiger partial charge in [0.2, 0.25) is 0 Å². The van der Waals surface area contributed by atoms with E-state index in [4.69, 9.17) is 0 Å². The maximum absolute atomic E-state index is 4.35. The second kappa shape index (κ2) is 4.94. The van der Waals surface area contributed by atoms with Crippen LogP contribution in [0.4, 0.5) is 5.82 Å². The molecule has 1 atom stereocenters. The SMILES string of the molecule is Cc1ccnc(NC2CCCNC2)c1Br. The van der Waals surface area contributed by atoms with Crippen molar-refractivity contribution in [3.63, 3.8) is 0 Å². The number of pyridine rings is 1. The normalized spacial score (nSPS) is 21.3. The lowest BCUT2D eigenvalue weighted by Gasteiger charge is -2.24. The van der Waals surface area contributed by atoms with Crippen molar-refractivity contribution in [2.75, 3.05) is 18.4 Å². The molecular weight excluding hydrogens is 254 g/mol. The predicted octanol–water partition coefficient (Wildman–Crippen LogP) is 2.32. The number of hydrogen-bond acceptors (Lipinski definition) is 3. The van der Waals surface area contributed by atoms with Gasteiger partial charge in [-0.1, -0.05) is 0 Å². The molecule has 1 fully saturated rings. The Morgan fingerprint density at radius 1 is 1.60 bits per heavy atom. The highest BCUT2D eigenvalue weighted by molar-refractivity contribution is 9.10. The van der Waals surface area contributed by atoms with Crippen molar-refractivity contribution in [1.29, 1.82) is 0 Å². The largest absolute Gasteiger partial charge is 0.365 e. The van der Waals surface area contributed by atoms with E-state index >= 15 is 0 Å². The summed E-state index contributed by atoms with van der Waals surface area (Å²) < 4.78 is 1.08. The van der Waals surface area contributed by atoms with Gasteiger partial charge in [-0.15, -0.1) is 0 Å². The van der Waals surface area contributed by atoms with Crippen molar-refractivity contribution >= 4 is 21.7 Å². The molecule has 1 saturated heterocycles. The first kappa shape index (κ1) is 10.9. The third-order valence-corrected chi connectivity index (χ3v) is 3.72. The van der Waals surface area contributed by atoms with Crippen LogP contribution in [0.3, 0.4) is 0 Å². The third-order valence-electron chi connectivity index (χ3n) is 2.72. The first-order chi connectivity index (χ1) is 7.27. The number of nitrogens with zero attached hydrogens (tertiary/aromatic N) is 1. The van der Waals surface area contributed by atoms with Crippen LogP contribution in [0, 0.1) is 6.92 Å². The Labute approximate surface area is 98.8 Å². The topological polar surface area (TPSA) is 37.0 Å². The standard InChI is InChI=1S/C11H16BrN3/c1-8-4-6-14-11(10(8)12)15-9-3-2-5-13-7-9/h4,6,9,13H,2-3,5,7H2,1H3,(H,14,15). The average Bonchev–Trinajstić information content (AvgIpc) is 2.26. The van der Waals surface area contributed by atoms with Gasteiger partial charge in [-0.25, -0.2) is 4.98 Å². The summed E-state index contributed by atoms with van der Waals surface area (Å²) in [5.74, 6) is 0.962. The van der Waals surface area contributed by atoms with Gasteiger partial charge < -0.3 is 10.6 Å². The van der Waals surface area contributed by atoms with Gasteiger partial charge in [0, 0.05) is 18.8 Å². The molecule has 0 saturated carbocycles. The minimum absolute atomic E-state index is 0.504. The van der Waals surface area contributed by atoms with E-state index in [-0.39, 0.29) is 0 Å². The fourth-order valence-electron chi connectivity index (χ4n) is 1.81. The summed E-state index contributed by atoms with van der Waals surface area (Å²) in [6, 6.07) is 2.51. The molecule has 0 radical (unpaired) electrons. The van der Waals surface area contributed by atoms with Crippen LogP contribution < -0.4 is 10.6 Å². The second-order valence-electron chi connectivity index (χ2n) is 3.98. The summed E-state index contributed by atoms with van der Waals surface area (Å²) in [7, 11) is 0. The molecule has 2 rings (SSSR count). The highest BCUT2D eigenvalue weighted by Crippen LogP contribution is 2.24. The lowest BCUT2D eigenvalue weighted by atomic mass is 10.1. The fraction of sp³-hybridized carbons (Fsp3) is 0.545. The van der Waals surface area contributed by atoms with E-state index in [2.05, 4.69) is 38.5 Å². The van der Waals surface area contributed by atoms with Crippen LogP contribution >= 0.6 is 15.9 Å². The summed E-state index contributed by atoms with van der Waals surface area (Å²) in [4.78, 5) is 4.35. The summed E-state index contributed by atoms with van der Waals surface area (Å²) in [5, 5.41) is 6.85. The van der Waals surface area contributed by atoms with E-state index in [1.807, 2.05) is 12.3 Å². The van der Waals surface area contributed by atoms with Gasteiger partial charge >= 0.3 is 0 Å². The van der Waals surface area contributed by atoms with Gasteiger partial charge in [0.25, 0.3) is 0 Å². The molecule has 0 aliphatic carbocycles. The molecule has 2 heterocycles. The van der Waals surface area contributed by atoms with Crippen LogP contribution in [0.1, 0.15) is 18.4 Å². The molecule has 0 aromatic carbocycles. The molecule has 1 aliphatic rings. The number of halogens is 1. The van der Waals surface area contributed by atoms with Gasteiger partial charge in [0.1, 0.15) is 5.82 Å². The lowest BCUT2D eigenvalue weighted by Crippen LogP contribution is -2.38. The van der Waals surface area contributed by atoms with Crippen molar-refractivity contribution < 1.29 is 0 Å². The fourth-order valence-corrected chi connectivity index (χ4v) is 2.16. The first-order valence-electron chi connectivity index (χ1n) is 5.36. The molecule has 1 unspecified atom stereocenters. The van der Waals surface area contributed by atoms with Crippen LogP contribution in [0.5, 0.6) is 0 Å². The number of rotatable bonds is 2. The van der Waals surface area contributed by atoms with Crippen molar-refractivity contribution in [2.24, 2.45) is 0 Å². The van der Waals surface area contributed by atoms with E-state index in [1.54, 1.807) is 0 Å². The van der Waals surface area contributed by atoms with E-state index in [9.17, 15) is 0 Å². The first-order valence-corrected chi connectivity index (χ1v) is 6.15. The van der Waals surface area contributed by atoms with E-state index < -0.39 is 0 Å². The number of aromatic nitrogens is 1. The predicted molar refractivity (Wildman–Crippen MR) is 66.2 cm³/mol. The monoisotopic (exact) mass is 269 g/mol. The number of hydrogen-bond donors (Lipinski definition) is 2. The highest BCUT2D eigenvalue weighted by Gasteiger charge is 2.14. The summed E-state index contributed by atoms with van der Waals surface area (Å²) >= 11 is 3.56. The molecule has 1 aliphatic heterocycles. The molecule has 82 valence electrons. The molecule has 1 aromatic rings. The third kappa shape index (κ3) is 2.69. The zero-order valence-corrected chi connectivity index (χ0v) is 10.5. The Hall–Kier alpha value is -0.610. The van der Waals surface area contributed by atoms with Crippen LogP contribution in [0.2, 0.25) is 0 Å². The molecular formula is C11H16BrN3. The highest BCUT2D eigenvalue weighted by atomic mass is 79.9. The van der Waals surface area contributed by atoms with Gasteiger partial charge in [-0.2, -0.15) is 0 Å². The molecule has 3 nitrogen and oxygen atoms in total. The minimum atomic E-state index is 0.504. The smallest absolute Gasteiger partial charge is 0.140 e. The van der Waals surface area contributed by atoms with Crippen molar-refractivity contribution in [2.45, 2.75) is 25.8 Å². The Balaban J connectivity index is 2.06. The maximum Gasteiger partial charge on any atom is 0.140 e. The number of anilines is 1. The van der Waals surface area contributed by atoms with Crippen LogP contribution in [0.15, 0.2) is 16.7 Å². The Bertz CT molecular complexity index is 335. The summed E-state index contributed by atoms with van der Waals surface area (Å²) in [5.41, 5.74) is 1.22. The van der Waals surface area contributed by atoms with Crippen LogP contribution in [0.25, 0.3) is 0 Å². The Morgan fingerprint density at radius 2 is 2.47 bits per heavy atom. The molecule has 0 amide bonds. The minimum Gasteiger partial charge on any atom is -0.365 e. The van der Waals surface area contributed by atoms with Crippen LogP contribution in [-0.2, 0) is 0 Å². The molecule has 15 heavy (non-hydrogen) atoms. The second-order valence-corrected chi connectivity index (χ2v) is 4.77. The van der Waals surface area contributed by atoms with E-state index in [0.717, 1.165) is 23.4 Å². The Kier molecular flexibility index (Phi) is 3.59. The number of nitrogens with one attached hydrogen (secondary N) is 2. The summed E-state index contributed by atoms with van der Waals surface area (Å²) in [6.45, 7) is 4.25. The van der Waals surface area contributed by atoms with E-state index in [0.29, 0.717) is 6.04 Å². The molecule has 0 spiro atoms. The molecule has 0 bridgehead atoms.